The molecule has 8 heteroatoms. The van der Waals surface area contributed by atoms with Gasteiger partial charge in [0.25, 0.3) is 0 Å². The number of ether oxygens (including phenoxy) is 2. The molecule has 0 saturated carbocycles. The monoisotopic (exact) mass is 434 g/mol. The van der Waals surface area contributed by atoms with Gasteiger partial charge in [0.15, 0.2) is 16.6 Å². The maximum atomic E-state index is 11.8. The number of aliphatic carboxylic acids is 1. The van der Waals surface area contributed by atoms with Gasteiger partial charge in [0, 0.05) is 6.61 Å². The number of rotatable bonds is 16. The number of carboxylic acid groups (broad SMARTS) is 1. The second kappa shape index (κ2) is 12.8. The third kappa shape index (κ3) is 15.2. The highest BCUT2D eigenvalue weighted by atomic mass is 28.4. The highest BCUT2D eigenvalue weighted by Gasteiger charge is 2.32. The zero-order chi connectivity index (χ0) is 21.8. The molecule has 0 saturated heterocycles. The van der Waals surface area contributed by atoms with E-state index in [1.165, 1.54) is 18.9 Å². The first-order chi connectivity index (χ1) is 12.8. The third-order valence-corrected chi connectivity index (χ3v) is 12.0. The van der Waals surface area contributed by atoms with E-state index in [-0.39, 0.29) is 25.4 Å². The maximum absolute atomic E-state index is 11.8. The number of esters is 1. The van der Waals surface area contributed by atoms with Crippen LogP contribution in [0.2, 0.25) is 38.3 Å². The Labute approximate surface area is 173 Å². The molecular formula is C20H42O6Si2. The molecule has 0 aromatic rings. The largest absolute Gasteiger partial charge is 0.481 e. The van der Waals surface area contributed by atoms with Crippen LogP contribution in [0.5, 0.6) is 0 Å². The van der Waals surface area contributed by atoms with Gasteiger partial charge in [-0.15, -0.1) is 0 Å². The Kier molecular flexibility index (Phi) is 12.4. The Balaban J connectivity index is 3.91. The summed E-state index contributed by atoms with van der Waals surface area (Å²) in [5.41, 5.74) is -0.603. The van der Waals surface area contributed by atoms with Crippen LogP contribution in [-0.2, 0) is 23.2 Å². The van der Waals surface area contributed by atoms with Crippen molar-refractivity contribution in [1.29, 1.82) is 0 Å². The van der Waals surface area contributed by atoms with Crippen molar-refractivity contribution in [1.82, 2.24) is 0 Å². The van der Waals surface area contributed by atoms with Crippen molar-refractivity contribution >= 4 is 28.6 Å². The standard InChI is InChI=1S/C20H42O6Si2/c1-8-9-14-27(4,5)26-28(6,7)15-10-11-24-12-13-25-19(23)17-20(2,3)16-18(21)22/h8-17H2,1-7H3,(H,21,22). The van der Waals surface area contributed by atoms with Crippen molar-refractivity contribution in [3.8, 4) is 0 Å². The lowest BCUT2D eigenvalue weighted by atomic mass is 9.86. The quantitative estimate of drug-likeness (QED) is 0.208. The Hall–Kier alpha value is -0.706. The van der Waals surface area contributed by atoms with Crippen LogP contribution in [-0.4, -0.2) is 53.5 Å². The van der Waals surface area contributed by atoms with Gasteiger partial charge in [-0.25, -0.2) is 0 Å². The molecule has 6 nitrogen and oxygen atoms in total. The molecule has 0 rings (SSSR count). The predicted molar refractivity (Wildman–Crippen MR) is 118 cm³/mol. The molecule has 0 aromatic heterocycles. The van der Waals surface area contributed by atoms with E-state index in [2.05, 4.69) is 33.1 Å². The summed E-state index contributed by atoms with van der Waals surface area (Å²) >= 11 is 0. The molecule has 0 heterocycles. The topological polar surface area (TPSA) is 82.1 Å². The predicted octanol–water partition coefficient (Wildman–Crippen LogP) is 5.05. The van der Waals surface area contributed by atoms with Gasteiger partial charge < -0.3 is 18.7 Å². The van der Waals surface area contributed by atoms with Crippen molar-refractivity contribution in [3.63, 3.8) is 0 Å². The number of carbonyl (C=O) groups is 2. The van der Waals surface area contributed by atoms with Gasteiger partial charge >= 0.3 is 11.9 Å². The van der Waals surface area contributed by atoms with Crippen molar-refractivity contribution in [3.05, 3.63) is 0 Å². The highest BCUT2D eigenvalue weighted by molar-refractivity contribution is 6.84. The van der Waals surface area contributed by atoms with Gasteiger partial charge in [-0.1, -0.05) is 33.6 Å². The summed E-state index contributed by atoms with van der Waals surface area (Å²) in [5.74, 6) is -1.29. The van der Waals surface area contributed by atoms with Crippen LogP contribution in [0.15, 0.2) is 0 Å². The molecule has 0 radical (unpaired) electrons. The van der Waals surface area contributed by atoms with Crippen molar-refractivity contribution in [2.75, 3.05) is 19.8 Å². The Bertz CT molecular complexity index is 477. The first-order valence-corrected chi connectivity index (χ1v) is 16.7. The molecule has 0 aromatic carbocycles. The lowest BCUT2D eigenvalue weighted by Gasteiger charge is -2.34. The molecule has 0 aliphatic heterocycles. The van der Waals surface area contributed by atoms with Gasteiger partial charge in [-0.2, -0.15) is 0 Å². The molecule has 1 N–H and O–H groups in total. The highest BCUT2D eigenvalue weighted by Crippen LogP contribution is 2.25. The minimum atomic E-state index is -1.67. The van der Waals surface area contributed by atoms with E-state index in [9.17, 15) is 9.59 Å². The summed E-state index contributed by atoms with van der Waals surface area (Å²) in [7, 11) is -3.22. The summed E-state index contributed by atoms with van der Waals surface area (Å²) in [6.45, 7) is 16.1. The molecule has 28 heavy (non-hydrogen) atoms. The van der Waals surface area contributed by atoms with Crippen molar-refractivity contribution < 1.29 is 28.3 Å². The summed E-state index contributed by atoms with van der Waals surface area (Å²) in [6.07, 6.45) is 3.46. The number of carboxylic acids is 1. The fourth-order valence-electron chi connectivity index (χ4n) is 3.28. The smallest absolute Gasteiger partial charge is 0.306 e. The fraction of sp³-hybridized carbons (Fsp3) is 0.900. The average Bonchev–Trinajstić information content (AvgIpc) is 2.49. The molecule has 0 atom stereocenters. The molecular weight excluding hydrogens is 392 g/mol. The summed E-state index contributed by atoms with van der Waals surface area (Å²) in [6, 6.07) is 2.30. The van der Waals surface area contributed by atoms with E-state index in [4.69, 9.17) is 18.7 Å². The van der Waals surface area contributed by atoms with E-state index in [1.807, 2.05) is 0 Å². The third-order valence-electron chi connectivity index (χ3n) is 4.50. The molecule has 0 amide bonds. The van der Waals surface area contributed by atoms with Crippen molar-refractivity contribution in [2.45, 2.75) is 91.2 Å². The Morgan fingerprint density at radius 2 is 1.46 bits per heavy atom. The average molecular weight is 435 g/mol. The molecule has 0 aliphatic carbocycles. The van der Waals surface area contributed by atoms with E-state index < -0.39 is 28.0 Å². The zero-order valence-corrected chi connectivity index (χ0v) is 21.1. The number of carbonyl (C=O) groups excluding carboxylic acids is 1. The van der Waals surface area contributed by atoms with Crippen LogP contribution >= 0.6 is 0 Å². The number of hydrogen-bond acceptors (Lipinski definition) is 5. The Morgan fingerprint density at radius 1 is 0.893 bits per heavy atom. The number of hydrogen-bond donors (Lipinski definition) is 1. The van der Waals surface area contributed by atoms with Crippen LogP contribution in [0.4, 0.5) is 0 Å². The van der Waals surface area contributed by atoms with Gasteiger partial charge in [-0.05, 0) is 50.1 Å². The second-order valence-electron chi connectivity index (χ2n) is 9.57. The lowest BCUT2D eigenvalue weighted by Crippen LogP contribution is -2.44. The molecule has 0 aliphatic rings. The molecule has 0 fully saturated rings. The van der Waals surface area contributed by atoms with E-state index in [0.717, 1.165) is 12.5 Å². The zero-order valence-electron chi connectivity index (χ0n) is 19.1. The minimum absolute atomic E-state index is 0.0571. The maximum Gasteiger partial charge on any atom is 0.306 e. The van der Waals surface area contributed by atoms with Crippen LogP contribution in [0, 0.1) is 5.41 Å². The molecule has 0 unspecified atom stereocenters. The SMILES string of the molecule is CCCC[Si](C)(C)O[Si](C)(C)CCCOCCOC(=O)CC(C)(C)CC(=O)O. The molecule has 166 valence electrons. The first-order valence-electron chi connectivity index (χ1n) is 10.4. The normalized spacial score (nSPS) is 12.8. The molecule has 0 bridgehead atoms. The van der Waals surface area contributed by atoms with E-state index in [0.29, 0.717) is 13.2 Å². The lowest BCUT2D eigenvalue weighted by molar-refractivity contribution is -0.148. The van der Waals surface area contributed by atoms with Crippen LogP contribution < -0.4 is 0 Å². The van der Waals surface area contributed by atoms with E-state index >= 15 is 0 Å². The Morgan fingerprint density at radius 3 is 2.00 bits per heavy atom. The molecule has 0 spiro atoms. The second-order valence-corrected chi connectivity index (χ2v) is 18.4. The van der Waals surface area contributed by atoms with Crippen LogP contribution in [0.3, 0.4) is 0 Å². The van der Waals surface area contributed by atoms with Gasteiger partial charge in [0.1, 0.15) is 6.61 Å². The minimum Gasteiger partial charge on any atom is -0.481 e. The number of unbranched alkanes of at least 4 members (excludes halogenated alkanes) is 1. The first kappa shape index (κ1) is 27.3. The van der Waals surface area contributed by atoms with Gasteiger partial charge in [0.05, 0.1) is 19.4 Å². The van der Waals surface area contributed by atoms with Gasteiger partial charge in [-0.3, -0.25) is 9.59 Å². The van der Waals surface area contributed by atoms with Crippen LogP contribution in [0.1, 0.15) is 52.9 Å². The summed E-state index contributed by atoms with van der Waals surface area (Å²) in [4.78, 5) is 22.6. The fourth-order valence-corrected chi connectivity index (χ4v) is 12.3. The van der Waals surface area contributed by atoms with Gasteiger partial charge in [0.2, 0.25) is 0 Å². The summed E-state index contributed by atoms with van der Waals surface area (Å²) < 4.78 is 17.3. The van der Waals surface area contributed by atoms with E-state index in [1.54, 1.807) is 13.8 Å². The van der Waals surface area contributed by atoms with Crippen LogP contribution in [0.25, 0.3) is 0 Å². The summed E-state index contributed by atoms with van der Waals surface area (Å²) in [5, 5.41) is 8.84. The van der Waals surface area contributed by atoms with Crippen molar-refractivity contribution in [2.24, 2.45) is 5.41 Å².